The maximum Gasteiger partial charge on any atom is 0.319 e. The van der Waals surface area contributed by atoms with Gasteiger partial charge in [0.1, 0.15) is 5.82 Å². The van der Waals surface area contributed by atoms with E-state index in [1.807, 2.05) is 49.2 Å². The molecule has 0 bridgehead atoms. The Kier molecular flexibility index (Phi) is 6.49. The van der Waals surface area contributed by atoms with Crippen molar-refractivity contribution in [2.45, 2.75) is 36.7 Å². The maximum atomic E-state index is 14.9. The molecule has 0 radical (unpaired) electrons. The largest absolute Gasteiger partial charge is 0.331 e. The third-order valence-electron chi connectivity index (χ3n) is 5.75. The Morgan fingerprint density at radius 2 is 1.73 bits per heavy atom. The van der Waals surface area contributed by atoms with Crippen molar-refractivity contribution < 1.29 is 17.6 Å². The van der Waals surface area contributed by atoms with Gasteiger partial charge in [0.2, 0.25) is 0 Å². The average Bonchev–Trinajstić information content (AvgIpc) is 3.18. The van der Waals surface area contributed by atoms with Crippen LogP contribution < -0.4 is 10.6 Å². The van der Waals surface area contributed by atoms with E-state index in [1.165, 1.54) is 24.3 Å². The van der Waals surface area contributed by atoms with Crippen molar-refractivity contribution in [3.63, 3.8) is 0 Å². The van der Waals surface area contributed by atoms with Gasteiger partial charge in [-0.1, -0.05) is 42.5 Å². The molecule has 0 saturated carbocycles. The molecular weight excluding hydrogens is 441 g/mol. The number of hydrogen-bond acceptors (Lipinski definition) is 4. The highest BCUT2D eigenvalue weighted by molar-refractivity contribution is 7.90. The van der Waals surface area contributed by atoms with Crippen LogP contribution in [0.2, 0.25) is 0 Å². The van der Waals surface area contributed by atoms with Crippen LogP contribution in [0.15, 0.2) is 71.6 Å². The fourth-order valence-corrected chi connectivity index (χ4v) is 5.33. The van der Waals surface area contributed by atoms with Gasteiger partial charge in [0.25, 0.3) is 0 Å². The van der Waals surface area contributed by atoms with Crippen LogP contribution in [-0.4, -0.2) is 26.4 Å². The summed E-state index contributed by atoms with van der Waals surface area (Å²) in [7, 11) is -1.85. The first-order valence-corrected chi connectivity index (χ1v) is 12.3. The van der Waals surface area contributed by atoms with Crippen LogP contribution in [0.1, 0.15) is 35.2 Å². The summed E-state index contributed by atoms with van der Waals surface area (Å²) in [5, 5.41) is 5.54. The molecule has 1 unspecified atom stereocenters. The molecule has 0 fully saturated rings. The number of nitrogens with one attached hydrogen (secondary N) is 2. The molecule has 1 aliphatic rings. The standard InChI is InChI=1S/C25H26FN3O3S/c1-17(18-6-4-3-5-7-18)27-25(30)28-21-10-12-22(13-11-21)33(31,32)16-20-9-8-19-14-29(2)15-23(19)24(20)26/h3-13,17H,14-16H2,1-2H3,(H2,27,28,30). The highest BCUT2D eigenvalue weighted by Crippen LogP contribution is 2.28. The van der Waals surface area contributed by atoms with Crippen molar-refractivity contribution in [2.24, 2.45) is 0 Å². The molecule has 0 spiro atoms. The Morgan fingerprint density at radius 3 is 2.42 bits per heavy atom. The Hall–Kier alpha value is -3.23. The first kappa shape index (κ1) is 22.9. The fraction of sp³-hybridized carbons (Fsp3) is 0.240. The first-order chi connectivity index (χ1) is 15.7. The molecule has 2 N–H and O–H groups in total. The molecule has 172 valence electrons. The zero-order chi connectivity index (χ0) is 23.6. The second-order valence-corrected chi connectivity index (χ2v) is 10.4. The smallest absolute Gasteiger partial charge is 0.319 e. The minimum absolute atomic E-state index is 0.0723. The number of anilines is 1. The lowest BCUT2D eigenvalue weighted by molar-refractivity contribution is 0.249. The summed E-state index contributed by atoms with van der Waals surface area (Å²) in [4.78, 5) is 14.3. The van der Waals surface area contributed by atoms with Crippen LogP contribution in [0.4, 0.5) is 14.9 Å². The zero-order valence-electron chi connectivity index (χ0n) is 18.5. The van der Waals surface area contributed by atoms with E-state index in [9.17, 15) is 17.6 Å². The van der Waals surface area contributed by atoms with Gasteiger partial charge in [-0.3, -0.25) is 4.90 Å². The molecule has 33 heavy (non-hydrogen) atoms. The minimum Gasteiger partial charge on any atom is -0.331 e. The second-order valence-electron chi connectivity index (χ2n) is 8.36. The molecule has 1 aliphatic heterocycles. The van der Waals surface area contributed by atoms with Crippen molar-refractivity contribution in [1.29, 1.82) is 0 Å². The van der Waals surface area contributed by atoms with Crippen LogP contribution in [0, 0.1) is 5.82 Å². The number of sulfone groups is 1. The number of halogens is 1. The lowest BCUT2D eigenvalue weighted by Crippen LogP contribution is -2.31. The van der Waals surface area contributed by atoms with E-state index in [4.69, 9.17) is 0 Å². The summed E-state index contributed by atoms with van der Waals surface area (Å²) in [5.41, 5.74) is 3.06. The van der Waals surface area contributed by atoms with Crippen molar-refractivity contribution >= 4 is 21.6 Å². The molecule has 3 aromatic carbocycles. The van der Waals surface area contributed by atoms with Crippen molar-refractivity contribution in [3.8, 4) is 0 Å². The highest BCUT2D eigenvalue weighted by Gasteiger charge is 2.24. The summed E-state index contributed by atoms with van der Waals surface area (Å²) in [6.45, 7) is 3.01. The molecule has 0 aliphatic carbocycles. The highest BCUT2D eigenvalue weighted by atomic mass is 32.2. The summed E-state index contributed by atoms with van der Waals surface area (Å²) >= 11 is 0. The van der Waals surface area contributed by atoms with Crippen LogP contribution >= 0.6 is 0 Å². The third kappa shape index (κ3) is 5.23. The van der Waals surface area contributed by atoms with Gasteiger partial charge in [-0.25, -0.2) is 17.6 Å². The second kappa shape index (κ2) is 9.33. The number of nitrogens with zero attached hydrogens (tertiary/aromatic N) is 1. The Balaban J connectivity index is 1.41. The van der Waals surface area contributed by atoms with Crippen molar-refractivity contribution in [3.05, 3.63) is 94.8 Å². The molecule has 1 heterocycles. The molecule has 0 aromatic heterocycles. The Labute approximate surface area is 193 Å². The average molecular weight is 468 g/mol. The van der Waals surface area contributed by atoms with Crippen LogP contribution in [-0.2, 0) is 28.7 Å². The predicted molar refractivity (Wildman–Crippen MR) is 126 cm³/mol. The van der Waals surface area contributed by atoms with Crippen LogP contribution in [0.3, 0.4) is 0 Å². The topological polar surface area (TPSA) is 78.5 Å². The summed E-state index contributed by atoms with van der Waals surface area (Å²) in [5.74, 6) is -0.861. The van der Waals surface area contributed by atoms with Gasteiger partial charge in [-0.15, -0.1) is 0 Å². The van der Waals surface area contributed by atoms with E-state index in [0.717, 1.165) is 11.1 Å². The van der Waals surface area contributed by atoms with Crippen LogP contribution in [0.25, 0.3) is 0 Å². The van der Waals surface area contributed by atoms with Gasteiger partial charge in [0, 0.05) is 29.9 Å². The maximum absolute atomic E-state index is 14.9. The number of carbonyl (C=O) groups is 1. The van der Waals surface area contributed by atoms with Crippen molar-refractivity contribution in [1.82, 2.24) is 10.2 Å². The molecule has 2 amide bonds. The number of amides is 2. The normalized spacial score (nSPS) is 14.5. The Morgan fingerprint density at radius 1 is 1.03 bits per heavy atom. The molecular formula is C25H26FN3O3S. The zero-order valence-corrected chi connectivity index (χ0v) is 19.3. The van der Waals surface area contributed by atoms with E-state index in [0.29, 0.717) is 24.3 Å². The van der Waals surface area contributed by atoms with E-state index < -0.39 is 27.4 Å². The quantitative estimate of drug-likeness (QED) is 0.554. The number of fused-ring (bicyclic) bond motifs is 1. The number of rotatable bonds is 6. The van der Waals surface area contributed by atoms with Gasteiger partial charge in [-0.05, 0) is 49.4 Å². The number of hydrogen-bond donors (Lipinski definition) is 2. The molecule has 4 rings (SSSR count). The minimum atomic E-state index is -3.75. The summed E-state index contributed by atoms with van der Waals surface area (Å²) in [6.07, 6.45) is 0. The van der Waals surface area contributed by atoms with Crippen LogP contribution in [0.5, 0.6) is 0 Å². The Bertz CT molecular complexity index is 1260. The van der Waals surface area contributed by atoms with Gasteiger partial charge in [0.15, 0.2) is 9.84 Å². The summed E-state index contributed by atoms with van der Waals surface area (Å²) < 4.78 is 40.6. The van der Waals surface area contributed by atoms with Gasteiger partial charge < -0.3 is 10.6 Å². The molecule has 3 aromatic rings. The van der Waals surface area contributed by atoms with Crippen molar-refractivity contribution in [2.75, 3.05) is 12.4 Å². The van der Waals surface area contributed by atoms with Gasteiger partial charge in [0.05, 0.1) is 16.7 Å². The molecule has 8 heteroatoms. The predicted octanol–water partition coefficient (Wildman–Crippen LogP) is 4.63. The third-order valence-corrected chi connectivity index (χ3v) is 7.43. The molecule has 0 saturated heterocycles. The summed E-state index contributed by atoms with van der Waals surface area (Å²) in [6, 6.07) is 18.2. The lowest BCUT2D eigenvalue weighted by Gasteiger charge is -2.15. The number of benzene rings is 3. The molecule has 1 atom stereocenters. The van der Waals surface area contributed by atoms with E-state index in [2.05, 4.69) is 10.6 Å². The van der Waals surface area contributed by atoms with Gasteiger partial charge >= 0.3 is 6.03 Å². The van der Waals surface area contributed by atoms with Gasteiger partial charge in [-0.2, -0.15) is 0 Å². The fourth-order valence-electron chi connectivity index (χ4n) is 3.98. The van der Waals surface area contributed by atoms with E-state index in [-0.39, 0.29) is 16.5 Å². The van der Waals surface area contributed by atoms with E-state index >= 15 is 0 Å². The first-order valence-electron chi connectivity index (χ1n) is 10.7. The molecule has 6 nitrogen and oxygen atoms in total. The number of carbonyl (C=O) groups excluding carboxylic acids is 1. The lowest BCUT2D eigenvalue weighted by atomic mass is 10.1. The monoisotopic (exact) mass is 467 g/mol. The number of urea groups is 1. The van der Waals surface area contributed by atoms with E-state index in [1.54, 1.807) is 12.1 Å². The SMILES string of the molecule is CC(NC(=O)Nc1ccc(S(=O)(=O)Cc2ccc3c(c2F)CN(C)C3)cc1)c1ccccc1.